The predicted octanol–water partition coefficient (Wildman–Crippen LogP) is 3.57. The molecule has 1 N–H and O–H groups in total. The van der Waals surface area contributed by atoms with Gasteiger partial charge in [-0.3, -0.25) is 4.90 Å². The predicted molar refractivity (Wildman–Crippen MR) is 88.0 cm³/mol. The van der Waals surface area contributed by atoms with Gasteiger partial charge in [0.2, 0.25) is 0 Å². The first-order valence-electron chi connectivity index (χ1n) is 8.04. The van der Waals surface area contributed by atoms with E-state index in [1.54, 1.807) is 12.0 Å². The molecule has 1 atom stereocenters. The third-order valence-corrected chi connectivity index (χ3v) is 3.87. The van der Waals surface area contributed by atoms with Crippen molar-refractivity contribution in [1.29, 1.82) is 0 Å². The van der Waals surface area contributed by atoms with Crippen LogP contribution in [0.2, 0.25) is 0 Å². The smallest absolute Gasteiger partial charge is 0.322 e. The van der Waals surface area contributed by atoms with Crippen LogP contribution in [0.3, 0.4) is 0 Å². The van der Waals surface area contributed by atoms with Gasteiger partial charge in [0.15, 0.2) is 11.5 Å². The van der Waals surface area contributed by atoms with E-state index >= 15 is 0 Å². The van der Waals surface area contributed by atoms with E-state index in [2.05, 4.69) is 12.2 Å². The summed E-state index contributed by atoms with van der Waals surface area (Å²) >= 11 is 0. The Morgan fingerprint density at radius 3 is 2.82 bits per heavy atom. The molecule has 0 saturated carbocycles. The van der Waals surface area contributed by atoms with Crippen LogP contribution in [0.4, 0.5) is 10.5 Å². The summed E-state index contributed by atoms with van der Waals surface area (Å²) in [7, 11) is 1.63. The van der Waals surface area contributed by atoms with Gasteiger partial charge < -0.3 is 14.8 Å². The number of carbonyl (C=O) groups excluding carboxylic acids is 1. The fourth-order valence-corrected chi connectivity index (χ4v) is 2.51. The van der Waals surface area contributed by atoms with Crippen LogP contribution in [-0.2, 0) is 0 Å². The van der Waals surface area contributed by atoms with Crippen LogP contribution in [0.5, 0.6) is 11.5 Å². The van der Waals surface area contributed by atoms with Crippen LogP contribution in [0.15, 0.2) is 18.2 Å². The molecule has 5 heteroatoms. The zero-order chi connectivity index (χ0) is 15.9. The molecule has 1 heterocycles. The lowest BCUT2D eigenvalue weighted by Gasteiger charge is -2.31. The highest BCUT2D eigenvalue weighted by Gasteiger charge is 2.24. The van der Waals surface area contributed by atoms with Gasteiger partial charge in [0, 0.05) is 24.3 Å². The van der Waals surface area contributed by atoms with Gasteiger partial charge in [0.1, 0.15) is 0 Å². The fourth-order valence-electron chi connectivity index (χ4n) is 2.51. The van der Waals surface area contributed by atoms with Crippen LogP contribution >= 0.6 is 0 Å². The number of ether oxygens (including phenoxy) is 2. The molecule has 1 unspecified atom stereocenters. The number of hydrogen-bond acceptors (Lipinski definition) is 3. The van der Waals surface area contributed by atoms with E-state index < -0.39 is 0 Å². The largest absolute Gasteiger partial charge is 0.493 e. The monoisotopic (exact) mass is 306 g/mol. The number of urea groups is 1. The summed E-state index contributed by atoms with van der Waals surface area (Å²) < 4.78 is 11.2. The minimum Gasteiger partial charge on any atom is -0.493 e. The van der Waals surface area contributed by atoms with Crippen LogP contribution in [0.1, 0.15) is 39.5 Å². The Morgan fingerprint density at radius 1 is 1.32 bits per heavy atom. The molecular weight excluding hydrogens is 280 g/mol. The number of unbranched alkanes of at least 4 members (excludes halogenated alkanes) is 2. The number of amides is 2. The number of nitrogens with zero attached hydrogens (tertiary/aromatic N) is 1. The van der Waals surface area contributed by atoms with Gasteiger partial charge in [-0.2, -0.15) is 0 Å². The van der Waals surface area contributed by atoms with Crippen molar-refractivity contribution in [1.82, 2.24) is 5.32 Å². The molecule has 0 spiro atoms. The highest BCUT2D eigenvalue weighted by molar-refractivity contribution is 5.93. The summed E-state index contributed by atoms with van der Waals surface area (Å²) in [6, 6.07) is 5.82. The number of carbonyl (C=O) groups is 1. The van der Waals surface area contributed by atoms with Crippen molar-refractivity contribution in [2.24, 2.45) is 0 Å². The maximum absolute atomic E-state index is 12.1. The molecule has 22 heavy (non-hydrogen) atoms. The third kappa shape index (κ3) is 4.06. The number of nitrogens with one attached hydrogen (secondary N) is 1. The third-order valence-electron chi connectivity index (χ3n) is 3.87. The molecule has 2 rings (SSSR count). The quantitative estimate of drug-likeness (QED) is 0.783. The SMILES string of the molecule is CCCCCOc1cc(N2CCC(C)NC2=O)ccc1OC. The molecule has 0 bridgehead atoms. The average molecular weight is 306 g/mol. The summed E-state index contributed by atoms with van der Waals surface area (Å²) in [4.78, 5) is 13.9. The fraction of sp³-hybridized carbons (Fsp3) is 0.588. The molecule has 5 nitrogen and oxygen atoms in total. The van der Waals surface area contributed by atoms with Gasteiger partial charge in [-0.05, 0) is 31.9 Å². The zero-order valence-electron chi connectivity index (χ0n) is 13.7. The summed E-state index contributed by atoms with van der Waals surface area (Å²) in [5.41, 5.74) is 0.843. The van der Waals surface area contributed by atoms with E-state index in [4.69, 9.17) is 9.47 Å². The summed E-state index contributed by atoms with van der Waals surface area (Å²) in [6.07, 6.45) is 4.26. The minimum absolute atomic E-state index is 0.0548. The molecule has 1 fully saturated rings. The van der Waals surface area contributed by atoms with E-state index in [1.807, 2.05) is 25.1 Å². The molecule has 0 aromatic heterocycles. The highest BCUT2D eigenvalue weighted by Crippen LogP contribution is 2.32. The zero-order valence-corrected chi connectivity index (χ0v) is 13.7. The Morgan fingerprint density at radius 2 is 2.14 bits per heavy atom. The Balaban J connectivity index is 2.10. The van der Waals surface area contributed by atoms with E-state index in [-0.39, 0.29) is 12.1 Å². The van der Waals surface area contributed by atoms with Crippen LogP contribution in [-0.4, -0.2) is 32.3 Å². The van der Waals surface area contributed by atoms with Crippen molar-refractivity contribution in [2.75, 3.05) is 25.2 Å². The van der Waals surface area contributed by atoms with Gasteiger partial charge in [0.25, 0.3) is 0 Å². The molecule has 1 aromatic carbocycles. The molecule has 1 aliphatic heterocycles. The Hall–Kier alpha value is -1.91. The molecular formula is C17H26N2O3. The number of methoxy groups -OCH3 is 1. The van der Waals surface area contributed by atoms with Crippen molar-refractivity contribution >= 4 is 11.7 Å². The van der Waals surface area contributed by atoms with Gasteiger partial charge in [-0.25, -0.2) is 4.79 Å². The van der Waals surface area contributed by atoms with Gasteiger partial charge in [-0.1, -0.05) is 19.8 Å². The molecule has 0 aliphatic carbocycles. The summed E-state index contributed by atoms with van der Waals surface area (Å²) in [5, 5.41) is 2.95. The molecule has 1 saturated heterocycles. The maximum atomic E-state index is 12.1. The van der Waals surface area contributed by atoms with Gasteiger partial charge in [-0.15, -0.1) is 0 Å². The molecule has 2 amide bonds. The van der Waals surface area contributed by atoms with Crippen LogP contribution < -0.4 is 19.7 Å². The summed E-state index contributed by atoms with van der Waals surface area (Å²) in [6.45, 7) is 5.56. The minimum atomic E-state index is -0.0548. The van der Waals surface area contributed by atoms with E-state index in [1.165, 1.54) is 0 Å². The van der Waals surface area contributed by atoms with E-state index in [0.717, 1.165) is 31.4 Å². The normalized spacial score (nSPS) is 18.0. The van der Waals surface area contributed by atoms with Gasteiger partial charge >= 0.3 is 6.03 Å². The first-order valence-corrected chi connectivity index (χ1v) is 8.04. The lowest BCUT2D eigenvalue weighted by molar-refractivity contribution is 0.237. The topological polar surface area (TPSA) is 50.8 Å². The average Bonchev–Trinajstić information content (AvgIpc) is 2.51. The van der Waals surface area contributed by atoms with E-state index in [9.17, 15) is 4.79 Å². The molecule has 1 aromatic rings. The van der Waals surface area contributed by atoms with Gasteiger partial charge in [0.05, 0.1) is 13.7 Å². The number of anilines is 1. The molecule has 0 radical (unpaired) electrons. The number of rotatable bonds is 7. The lowest BCUT2D eigenvalue weighted by atomic mass is 10.1. The second-order valence-electron chi connectivity index (χ2n) is 5.68. The first-order chi connectivity index (χ1) is 10.7. The molecule has 122 valence electrons. The lowest BCUT2D eigenvalue weighted by Crippen LogP contribution is -2.50. The first kappa shape index (κ1) is 16.5. The van der Waals surface area contributed by atoms with Crippen LogP contribution in [0, 0.1) is 0 Å². The Kier molecular flexibility index (Phi) is 5.92. The number of benzene rings is 1. The van der Waals surface area contributed by atoms with Crippen LogP contribution in [0.25, 0.3) is 0 Å². The van der Waals surface area contributed by atoms with Crippen molar-refractivity contribution in [3.05, 3.63) is 18.2 Å². The standard InChI is InChI=1S/C17H26N2O3/c1-4-5-6-11-22-16-12-14(7-8-15(16)21-3)19-10-9-13(2)18-17(19)20/h7-8,12-13H,4-6,9-11H2,1-3H3,(H,18,20). The van der Waals surface area contributed by atoms with Crippen molar-refractivity contribution in [2.45, 2.75) is 45.6 Å². The Labute approximate surface area is 132 Å². The maximum Gasteiger partial charge on any atom is 0.322 e. The molecule has 1 aliphatic rings. The van der Waals surface area contributed by atoms with Crippen molar-refractivity contribution < 1.29 is 14.3 Å². The van der Waals surface area contributed by atoms with Crippen molar-refractivity contribution in [3.63, 3.8) is 0 Å². The van der Waals surface area contributed by atoms with Crippen molar-refractivity contribution in [3.8, 4) is 11.5 Å². The number of hydrogen-bond donors (Lipinski definition) is 1. The Bertz CT molecular complexity index is 505. The second kappa shape index (κ2) is 7.92. The highest BCUT2D eigenvalue weighted by atomic mass is 16.5. The van der Waals surface area contributed by atoms with E-state index in [0.29, 0.717) is 24.7 Å². The second-order valence-corrected chi connectivity index (χ2v) is 5.68. The summed E-state index contributed by atoms with van der Waals surface area (Å²) in [5.74, 6) is 1.40.